The van der Waals surface area contributed by atoms with Gasteiger partial charge in [-0.15, -0.1) is 0 Å². The fraction of sp³-hybridized carbons (Fsp3) is 0.267. The fourth-order valence-corrected chi connectivity index (χ4v) is 4.10. The van der Waals surface area contributed by atoms with Gasteiger partial charge in [0.15, 0.2) is 11.5 Å². The molecule has 0 aromatic heterocycles. The summed E-state index contributed by atoms with van der Waals surface area (Å²) < 4.78 is 17.5. The highest BCUT2D eigenvalue weighted by Crippen LogP contribution is 2.37. The van der Waals surface area contributed by atoms with Crippen LogP contribution in [0.2, 0.25) is 0 Å². The molecule has 0 spiro atoms. The molecule has 1 amide bonds. The van der Waals surface area contributed by atoms with Crippen LogP contribution in [-0.2, 0) is 16.1 Å². The molecule has 3 aromatic carbocycles. The molecular formula is C30H32BrNO5. The molecular weight excluding hydrogens is 534 g/mol. The summed E-state index contributed by atoms with van der Waals surface area (Å²) in [6.45, 7) is 2.96. The maximum absolute atomic E-state index is 12.4. The van der Waals surface area contributed by atoms with Crippen molar-refractivity contribution >= 4 is 39.6 Å². The average Bonchev–Trinajstić information content (AvgIpc) is 2.91. The molecule has 0 aliphatic heterocycles. The van der Waals surface area contributed by atoms with Crippen LogP contribution in [-0.4, -0.2) is 25.6 Å². The molecule has 0 radical (unpaired) electrons. The van der Waals surface area contributed by atoms with E-state index in [1.54, 1.807) is 43.5 Å². The smallest absolute Gasteiger partial charge is 0.338 e. The van der Waals surface area contributed by atoms with Crippen molar-refractivity contribution in [1.29, 1.82) is 0 Å². The van der Waals surface area contributed by atoms with Crippen LogP contribution in [0.25, 0.3) is 6.08 Å². The normalized spacial score (nSPS) is 10.8. The van der Waals surface area contributed by atoms with Crippen LogP contribution in [0, 0.1) is 0 Å². The second kappa shape index (κ2) is 14.9. The largest absolute Gasteiger partial charge is 0.493 e. The van der Waals surface area contributed by atoms with Crippen LogP contribution in [0.1, 0.15) is 54.1 Å². The predicted octanol–water partition coefficient (Wildman–Crippen LogP) is 7.43. The third-order valence-electron chi connectivity index (χ3n) is 5.52. The molecule has 0 atom stereocenters. The Balaban J connectivity index is 1.55. The quantitative estimate of drug-likeness (QED) is 0.132. The molecule has 1 N–H and O–H groups in total. The molecule has 0 saturated carbocycles. The van der Waals surface area contributed by atoms with E-state index in [4.69, 9.17) is 14.2 Å². The summed E-state index contributed by atoms with van der Waals surface area (Å²) in [6, 6.07) is 20.2. The van der Waals surface area contributed by atoms with E-state index in [2.05, 4.69) is 28.2 Å². The molecule has 3 rings (SSSR count). The van der Waals surface area contributed by atoms with Gasteiger partial charge >= 0.3 is 5.97 Å². The molecule has 37 heavy (non-hydrogen) atoms. The molecule has 0 heterocycles. The number of carbonyl (C=O) groups is 2. The predicted molar refractivity (Wildman–Crippen MR) is 150 cm³/mol. The van der Waals surface area contributed by atoms with Crippen molar-refractivity contribution in [1.82, 2.24) is 0 Å². The van der Waals surface area contributed by atoms with E-state index in [0.717, 1.165) is 41.3 Å². The number of ether oxygens (including phenoxy) is 3. The van der Waals surface area contributed by atoms with Crippen molar-refractivity contribution in [2.45, 2.75) is 39.2 Å². The molecule has 0 aliphatic carbocycles. The Hall–Kier alpha value is -3.58. The minimum atomic E-state index is -0.356. The highest BCUT2D eigenvalue weighted by atomic mass is 79.9. The Morgan fingerprint density at radius 1 is 0.973 bits per heavy atom. The van der Waals surface area contributed by atoms with E-state index < -0.39 is 0 Å². The van der Waals surface area contributed by atoms with Gasteiger partial charge in [0.1, 0.15) is 6.61 Å². The minimum Gasteiger partial charge on any atom is -0.493 e. The van der Waals surface area contributed by atoms with Crippen LogP contribution in [0.4, 0.5) is 5.69 Å². The number of esters is 1. The molecule has 0 bridgehead atoms. The van der Waals surface area contributed by atoms with Gasteiger partial charge in [0.05, 0.1) is 23.8 Å². The van der Waals surface area contributed by atoms with Crippen molar-refractivity contribution in [2.24, 2.45) is 0 Å². The lowest BCUT2D eigenvalue weighted by molar-refractivity contribution is -0.111. The highest BCUT2D eigenvalue weighted by Gasteiger charge is 2.12. The summed E-state index contributed by atoms with van der Waals surface area (Å²) in [5.74, 6) is 0.487. The van der Waals surface area contributed by atoms with Crippen molar-refractivity contribution < 1.29 is 23.8 Å². The molecule has 6 nitrogen and oxygen atoms in total. The van der Waals surface area contributed by atoms with Gasteiger partial charge < -0.3 is 19.5 Å². The van der Waals surface area contributed by atoms with Gasteiger partial charge in [0, 0.05) is 11.8 Å². The summed E-state index contributed by atoms with van der Waals surface area (Å²) in [5, 5.41) is 2.79. The van der Waals surface area contributed by atoms with Gasteiger partial charge in [-0.05, 0) is 76.0 Å². The minimum absolute atomic E-state index is 0.300. The Labute approximate surface area is 226 Å². The molecule has 0 unspecified atom stereocenters. The Bertz CT molecular complexity index is 1190. The number of hydrogen-bond acceptors (Lipinski definition) is 5. The molecule has 0 fully saturated rings. The zero-order valence-corrected chi connectivity index (χ0v) is 22.8. The third-order valence-corrected chi connectivity index (χ3v) is 6.11. The number of unbranched alkanes of at least 4 members (excludes halogenated alkanes) is 3. The van der Waals surface area contributed by atoms with Crippen LogP contribution in [0.3, 0.4) is 0 Å². The van der Waals surface area contributed by atoms with E-state index in [0.29, 0.717) is 36.0 Å². The van der Waals surface area contributed by atoms with Crippen LogP contribution >= 0.6 is 15.9 Å². The number of carbonyl (C=O) groups excluding carboxylic acids is 2. The van der Waals surface area contributed by atoms with Gasteiger partial charge in [0.2, 0.25) is 5.91 Å². The summed E-state index contributed by atoms with van der Waals surface area (Å²) >= 11 is 3.54. The number of anilines is 1. The van der Waals surface area contributed by atoms with Crippen molar-refractivity contribution in [3.8, 4) is 11.5 Å². The zero-order chi connectivity index (χ0) is 26.5. The number of hydrogen-bond donors (Lipinski definition) is 1. The second-order valence-corrected chi connectivity index (χ2v) is 9.26. The highest BCUT2D eigenvalue weighted by molar-refractivity contribution is 9.10. The monoisotopic (exact) mass is 565 g/mol. The van der Waals surface area contributed by atoms with Crippen LogP contribution in [0.15, 0.2) is 77.3 Å². The average molecular weight is 566 g/mol. The number of benzene rings is 3. The third kappa shape index (κ3) is 9.10. The lowest BCUT2D eigenvalue weighted by Crippen LogP contribution is -2.09. The maximum atomic E-state index is 12.4. The summed E-state index contributed by atoms with van der Waals surface area (Å²) in [5.41, 5.74) is 2.85. The molecule has 0 saturated heterocycles. The number of methoxy groups -OCH3 is 1. The van der Waals surface area contributed by atoms with Crippen molar-refractivity contribution in [2.75, 3.05) is 19.0 Å². The first-order valence-corrected chi connectivity index (χ1v) is 13.1. The lowest BCUT2D eigenvalue weighted by Gasteiger charge is -2.13. The van der Waals surface area contributed by atoms with E-state index in [1.807, 2.05) is 36.4 Å². The number of rotatable bonds is 13. The molecule has 0 aliphatic rings. The van der Waals surface area contributed by atoms with Crippen LogP contribution < -0.4 is 14.8 Å². The van der Waals surface area contributed by atoms with E-state index in [-0.39, 0.29) is 11.9 Å². The number of nitrogens with one attached hydrogen (secondary N) is 1. The summed E-state index contributed by atoms with van der Waals surface area (Å²) in [7, 11) is 1.57. The van der Waals surface area contributed by atoms with Gasteiger partial charge in [-0.3, -0.25) is 4.79 Å². The Morgan fingerprint density at radius 2 is 1.73 bits per heavy atom. The maximum Gasteiger partial charge on any atom is 0.338 e. The first-order valence-electron chi connectivity index (χ1n) is 12.3. The summed E-state index contributed by atoms with van der Waals surface area (Å²) in [4.78, 5) is 24.6. The van der Waals surface area contributed by atoms with Crippen molar-refractivity contribution in [3.63, 3.8) is 0 Å². The SMILES string of the molecule is CCCCCCOC(=O)c1ccc(NC(=O)/C=C/c2cc(Br)c(OCc3ccccc3)c(OC)c2)cc1. The number of halogens is 1. The van der Waals surface area contributed by atoms with E-state index >= 15 is 0 Å². The van der Waals surface area contributed by atoms with Gasteiger partial charge in [-0.25, -0.2) is 4.79 Å². The summed E-state index contributed by atoms with van der Waals surface area (Å²) in [6.07, 6.45) is 7.32. The van der Waals surface area contributed by atoms with Gasteiger partial charge in [-0.2, -0.15) is 0 Å². The van der Waals surface area contributed by atoms with E-state index in [1.165, 1.54) is 6.08 Å². The fourth-order valence-electron chi connectivity index (χ4n) is 3.53. The zero-order valence-electron chi connectivity index (χ0n) is 21.2. The number of amides is 1. The Morgan fingerprint density at radius 3 is 2.43 bits per heavy atom. The van der Waals surface area contributed by atoms with E-state index in [9.17, 15) is 9.59 Å². The first-order chi connectivity index (χ1) is 18.0. The van der Waals surface area contributed by atoms with Crippen molar-refractivity contribution in [3.05, 3.63) is 94.0 Å². The Kier molecular flexibility index (Phi) is 11.2. The molecule has 194 valence electrons. The molecule has 7 heteroatoms. The standard InChI is InChI=1S/C30H32BrNO5/c1-3-4-5-9-18-36-30(34)24-13-15-25(16-14-24)32-28(33)17-12-23-19-26(31)29(27(20-23)35-2)37-21-22-10-7-6-8-11-22/h6-8,10-17,19-20H,3-5,9,18,21H2,1-2H3,(H,32,33)/b17-12+. The van der Waals surface area contributed by atoms with Gasteiger partial charge in [-0.1, -0.05) is 56.5 Å². The van der Waals surface area contributed by atoms with Gasteiger partial charge in [0.25, 0.3) is 0 Å². The topological polar surface area (TPSA) is 73.9 Å². The molecule has 3 aromatic rings. The second-order valence-electron chi connectivity index (χ2n) is 8.40. The lowest BCUT2D eigenvalue weighted by atomic mass is 10.1. The first kappa shape index (κ1) is 28.0. The van der Waals surface area contributed by atoms with Crippen LogP contribution in [0.5, 0.6) is 11.5 Å².